The van der Waals surface area contributed by atoms with E-state index in [1.807, 2.05) is 31.2 Å². The minimum absolute atomic E-state index is 0.287. The number of nitrogens with two attached hydrogens (primary N) is 1. The fraction of sp³-hybridized carbons (Fsp3) is 0.0714. The van der Waals surface area contributed by atoms with Crippen LogP contribution in [0.3, 0.4) is 0 Å². The van der Waals surface area contributed by atoms with Crippen molar-refractivity contribution in [1.29, 1.82) is 0 Å². The van der Waals surface area contributed by atoms with Crippen LogP contribution in [0.5, 0.6) is 0 Å². The summed E-state index contributed by atoms with van der Waals surface area (Å²) in [5, 5.41) is 4.47. The summed E-state index contributed by atoms with van der Waals surface area (Å²) < 4.78 is 0. The number of rotatable bonds is 3. The third kappa shape index (κ3) is 3.38. The molecule has 0 saturated carbocycles. The van der Waals surface area contributed by atoms with Crippen molar-refractivity contribution < 1.29 is 0 Å². The summed E-state index contributed by atoms with van der Waals surface area (Å²) >= 11 is 17.0. The van der Waals surface area contributed by atoms with Crippen molar-refractivity contribution in [2.45, 2.75) is 6.92 Å². The maximum atomic E-state index is 6.13. The Labute approximate surface area is 127 Å². The van der Waals surface area contributed by atoms with Gasteiger partial charge in [0.25, 0.3) is 0 Å². The summed E-state index contributed by atoms with van der Waals surface area (Å²) in [6, 6.07) is 11.1. The van der Waals surface area contributed by atoms with E-state index in [0.717, 1.165) is 16.9 Å². The molecule has 0 amide bonds. The van der Waals surface area contributed by atoms with E-state index in [0.29, 0.717) is 15.6 Å². The Bertz CT molecular complexity index is 641. The van der Waals surface area contributed by atoms with Gasteiger partial charge in [-0.1, -0.05) is 41.5 Å². The number of anilines is 2. The predicted octanol–water partition coefficient (Wildman–Crippen LogP) is 4.68. The number of aryl methyl sites for hydroxylation is 1. The van der Waals surface area contributed by atoms with E-state index in [-0.39, 0.29) is 4.99 Å². The first-order valence-corrected chi connectivity index (χ1v) is 6.76. The van der Waals surface area contributed by atoms with Crippen LogP contribution in [0.15, 0.2) is 36.4 Å². The normalized spacial score (nSPS) is 10.3. The number of hydrogen-bond acceptors (Lipinski definition) is 2. The summed E-state index contributed by atoms with van der Waals surface area (Å²) in [6.07, 6.45) is 0. The lowest BCUT2D eigenvalue weighted by Gasteiger charge is -2.11. The number of benzene rings is 2. The van der Waals surface area contributed by atoms with Gasteiger partial charge in [0.1, 0.15) is 4.99 Å². The molecule has 0 fully saturated rings. The summed E-state index contributed by atoms with van der Waals surface area (Å²) in [6.45, 7) is 2.00. The molecule has 0 saturated heterocycles. The third-order valence-electron chi connectivity index (χ3n) is 2.71. The first-order chi connectivity index (χ1) is 8.97. The number of hydrogen-bond donors (Lipinski definition) is 2. The zero-order chi connectivity index (χ0) is 14.0. The van der Waals surface area contributed by atoms with Gasteiger partial charge in [0.15, 0.2) is 0 Å². The molecule has 5 heteroatoms. The molecule has 0 atom stereocenters. The smallest absolute Gasteiger partial charge is 0.105 e. The van der Waals surface area contributed by atoms with Gasteiger partial charge in [-0.15, -0.1) is 0 Å². The molecule has 0 aliphatic rings. The third-order valence-corrected chi connectivity index (χ3v) is 3.48. The van der Waals surface area contributed by atoms with Gasteiger partial charge in [0.2, 0.25) is 0 Å². The van der Waals surface area contributed by atoms with Crippen LogP contribution in [0.25, 0.3) is 0 Å². The molecule has 2 nitrogen and oxygen atoms in total. The molecule has 98 valence electrons. The van der Waals surface area contributed by atoms with E-state index in [1.165, 1.54) is 0 Å². The van der Waals surface area contributed by atoms with Crippen LogP contribution in [0, 0.1) is 6.92 Å². The minimum atomic E-state index is 0.287. The molecule has 0 aromatic heterocycles. The van der Waals surface area contributed by atoms with Crippen molar-refractivity contribution in [3.8, 4) is 0 Å². The summed E-state index contributed by atoms with van der Waals surface area (Å²) in [7, 11) is 0. The molecule has 0 bridgehead atoms. The van der Waals surface area contributed by atoms with Crippen LogP contribution in [0.1, 0.15) is 11.1 Å². The first kappa shape index (κ1) is 14.1. The average Bonchev–Trinajstić information content (AvgIpc) is 2.33. The van der Waals surface area contributed by atoms with Gasteiger partial charge in [0, 0.05) is 22.0 Å². The maximum Gasteiger partial charge on any atom is 0.105 e. The van der Waals surface area contributed by atoms with Gasteiger partial charge in [-0.2, -0.15) is 0 Å². The highest BCUT2D eigenvalue weighted by atomic mass is 35.5. The molecule has 0 radical (unpaired) electrons. The second kappa shape index (κ2) is 5.78. The van der Waals surface area contributed by atoms with Crippen LogP contribution < -0.4 is 11.1 Å². The monoisotopic (exact) mass is 310 g/mol. The first-order valence-electron chi connectivity index (χ1n) is 5.60. The van der Waals surface area contributed by atoms with Gasteiger partial charge in [0.05, 0.1) is 5.02 Å². The van der Waals surface area contributed by atoms with Crippen molar-refractivity contribution in [2.24, 2.45) is 5.73 Å². The van der Waals surface area contributed by atoms with Crippen molar-refractivity contribution in [1.82, 2.24) is 0 Å². The molecule has 2 aromatic rings. The highest BCUT2D eigenvalue weighted by Crippen LogP contribution is 2.27. The standard InChI is InChI=1S/C14H12Cl2N2S/c1-8-2-3-9(15)6-13(8)18-10-4-5-11(14(17)19)12(16)7-10/h2-7,18H,1H3,(H2,17,19). The highest BCUT2D eigenvalue weighted by Gasteiger charge is 2.06. The van der Waals surface area contributed by atoms with Gasteiger partial charge >= 0.3 is 0 Å². The van der Waals surface area contributed by atoms with Crippen molar-refractivity contribution in [2.75, 3.05) is 5.32 Å². The molecule has 0 aliphatic heterocycles. The Morgan fingerprint density at radius 2 is 1.89 bits per heavy atom. The second-order valence-electron chi connectivity index (χ2n) is 4.14. The molecular formula is C14H12Cl2N2S. The zero-order valence-electron chi connectivity index (χ0n) is 10.2. The highest BCUT2D eigenvalue weighted by molar-refractivity contribution is 7.80. The SMILES string of the molecule is Cc1ccc(Cl)cc1Nc1ccc(C(N)=S)c(Cl)c1. The van der Waals surface area contributed by atoms with E-state index in [2.05, 4.69) is 5.32 Å². The van der Waals surface area contributed by atoms with Gasteiger partial charge in [-0.05, 0) is 42.8 Å². The predicted molar refractivity (Wildman–Crippen MR) is 86.8 cm³/mol. The summed E-state index contributed by atoms with van der Waals surface area (Å²) in [4.78, 5) is 0.287. The quantitative estimate of drug-likeness (QED) is 0.808. The van der Waals surface area contributed by atoms with Gasteiger partial charge < -0.3 is 11.1 Å². The van der Waals surface area contributed by atoms with E-state index >= 15 is 0 Å². The van der Waals surface area contributed by atoms with E-state index in [4.69, 9.17) is 41.2 Å². The topological polar surface area (TPSA) is 38.0 Å². The maximum absolute atomic E-state index is 6.13. The molecule has 0 unspecified atom stereocenters. The van der Waals surface area contributed by atoms with Crippen LogP contribution in [-0.4, -0.2) is 4.99 Å². The van der Waals surface area contributed by atoms with Crippen LogP contribution in [0.4, 0.5) is 11.4 Å². The van der Waals surface area contributed by atoms with Crippen LogP contribution >= 0.6 is 35.4 Å². The summed E-state index contributed by atoms with van der Waals surface area (Å²) in [5.74, 6) is 0. The summed E-state index contributed by atoms with van der Waals surface area (Å²) in [5.41, 5.74) is 9.13. The lowest BCUT2D eigenvalue weighted by molar-refractivity contribution is 1.43. The molecule has 2 rings (SSSR count). The lowest BCUT2D eigenvalue weighted by atomic mass is 10.1. The van der Waals surface area contributed by atoms with E-state index < -0.39 is 0 Å². The largest absolute Gasteiger partial charge is 0.389 e. The number of thiocarbonyl (C=S) groups is 1. The second-order valence-corrected chi connectivity index (χ2v) is 5.43. The number of nitrogens with one attached hydrogen (secondary N) is 1. The molecule has 0 spiro atoms. The van der Waals surface area contributed by atoms with Crippen molar-refractivity contribution >= 4 is 51.8 Å². The molecule has 0 aliphatic carbocycles. The Morgan fingerprint density at radius 3 is 2.53 bits per heavy atom. The van der Waals surface area contributed by atoms with Crippen LogP contribution in [0.2, 0.25) is 10.0 Å². The Kier molecular flexibility index (Phi) is 4.30. The van der Waals surface area contributed by atoms with Crippen molar-refractivity contribution in [3.63, 3.8) is 0 Å². The van der Waals surface area contributed by atoms with E-state index in [9.17, 15) is 0 Å². The molecular weight excluding hydrogens is 299 g/mol. The zero-order valence-corrected chi connectivity index (χ0v) is 12.5. The van der Waals surface area contributed by atoms with Gasteiger partial charge in [-0.3, -0.25) is 0 Å². The average molecular weight is 311 g/mol. The molecule has 0 heterocycles. The minimum Gasteiger partial charge on any atom is -0.389 e. The lowest BCUT2D eigenvalue weighted by Crippen LogP contribution is -2.10. The van der Waals surface area contributed by atoms with Crippen molar-refractivity contribution in [3.05, 3.63) is 57.6 Å². The molecule has 3 N–H and O–H groups in total. The number of halogens is 2. The van der Waals surface area contributed by atoms with Gasteiger partial charge in [-0.25, -0.2) is 0 Å². The Balaban J connectivity index is 2.31. The fourth-order valence-electron chi connectivity index (χ4n) is 1.68. The Morgan fingerprint density at radius 1 is 1.16 bits per heavy atom. The van der Waals surface area contributed by atoms with Crippen LogP contribution in [-0.2, 0) is 0 Å². The molecule has 19 heavy (non-hydrogen) atoms. The Hall–Kier alpha value is -1.29. The van der Waals surface area contributed by atoms with E-state index in [1.54, 1.807) is 12.1 Å². The fourth-order valence-corrected chi connectivity index (χ4v) is 2.37. The molecule has 2 aromatic carbocycles.